The maximum atomic E-state index is 9.78. The van der Waals surface area contributed by atoms with Gasteiger partial charge in [-0.2, -0.15) is 10.2 Å². The van der Waals surface area contributed by atoms with Crippen LogP contribution < -0.4 is 29.6 Å². The van der Waals surface area contributed by atoms with Crippen molar-refractivity contribution in [3.63, 3.8) is 0 Å². The van der Waals surface area contributed by atoms with Crippen molar-refractivity contribution in [1.82, 2.24) is 19.9 Å². The Hall–Kier alpha value is -4.30. The van der Waals surface area contributed by atoms with E-state index < -0.39 is 0 Å². The van der Waals surface area contributed by atoms with Crippen molar-refractivity contribution in [3.05, 3.63) is 42.2 Å². The van der Waals surface area contributed by atoms with E-state index in [9.17, 15) is 5.26 Å². The lowest BCUT2D eigenvalue weighted by atomic mass is 9.88. The maximum Gasteiger partial charge on any atom is 0.257 e. The van der Waals surface area contributed by atoms with Crippen LogP contribution in [0.15, 0.2) is 36.7 Å². The molecule has 0 radical (unpaired) electrons. The van der Waals surface area contributed by atoms with E-state index in [0.29, 0.717) is 71.1 Å². The SMILES string of the molecule is COc1cc(Nc2nccc(Nc3cnc4c(c3)OCCO4)n2)cc(C#N)c1OC1CC(N(C)C)C1. The van der Waals surface area contributed by atoms with E-state index >= 15 is 0 Å². The molecule has 1 fully saturated rings. The Kier molecular flexibility index (Phi) is 6.60. The summed E-state index contributed by atoms with van der Waals surface area (Å²) in [6.45, 7) is 0.964. The second-order valence-electron chi connectivity index (χ2n) is 8.74. The van der Waals surface area contributed by atoms with E-state index in [-0.39, 0.29) is 6.10 Å². The molecular weight excluding hydrogens is 462 g/mol. The second-order valence-corrected chi connectivity index (χ2v) is 8.74. The summed E-state index contributed by atoms with van der Waals surface area (Å²) in [4.78, 5) is 15.3. The monoisotopic (exact) mass is 489 g/mol. The molecule has 0 bridgehead atoms. The summed E-state index contributed by atoms with van der Waals surface area (Å²) >= 11 is 0. The predicted molar refractivity (Wildman–Crippen MR) is 133 cm³/mol. The van der Waals surface area contributed by atoms with Crippen molar-refractivity contribution < 1.29 is 18.9 Å². The Morgan fingerprint density at radius 3 is 2.69 bits per heavy atom. The lowest BCUT2D eigenvalue weighted by molar-refractivity contribution is 0.0381. The molecule has 0 spiro atoms. The molecule has 186 valence electrons. The third-order valence-corrected chi connectivity index (χ3v) is 6.06. The van der Waals surface area contributed by atoms with Crippen molar-refractivity contribution in [2.75, 3.05) is 45.1 Å². The zero-order valence-electron chi connectivity index (χ0n) is 20.3. The quantitative estimate of drug-likeness (QED) is 0.483. The molecule has 36 heavy (non-hydrogen) atoms. The van der Waals surface area contributed by atoms with Gasteiger partial charge in [0, 0.05) is 30.1 Å². The van der Waals surface area contributed by atoms with E-state index in [1.54, 1.807) is 37.7 Å². The number of nitrogens with one attached hydrogen (secondary N) is 2. The number of methoxy groups -OCH3 is 1. The zero-order chi connectivity index (χ0) is 25.1. The van der Waals surface area contributed by atoms with Crippen molar-refractivity contribution in [2.45, 2.75) is 25.0 Å². The number of pyridine rings is 1. The van der Waals surface area contributed by atoms with E-state index in [0.717, 1.165) is 12.8 Å². The van der Waals surface area contributed by atoms with Gasteiger partial charge in [0.1, 0.15) is 31.2 Å². The highest BCUT2D eigenvalue weighted by atomic mass is 16.6. The molecule has 2 aliphatic rings. The Balaban J connectivity index is 1.31. The van der Waals surface area contributed by atoms with Gasteiger partial charge in [-0.25, -0.2) is 9.97 Å². The number of ether oxygens (including phenoxy) is 4. The van der Waals surface area contributed by atoms with Crippen LogP contribution in [0, 0.1) is 11.3 Å². The fraction of sp³-hybridized carbons (Fsp3) is 0.360. The van der Waals surface area contributed by atoms with Crippen LogP contribution in [-0.2, 0) is 0 Å². The molecule has 2 aromatic heterocycles. The minimum Gasteiger partial charge on any atom is -0.493 e. The fourth-order valence-corrected chi connectivity index (χ4v) is 4.02. The van der Waals surface area contributed by atoms with E-state index in [4.69, 9.17) is 18.9 Å². The van der Waals surface area contributed by atoms with Gasteiger partial charge in [-0.1, -0.05) is 0 Å². The Morgan fingerprint density at radius 2 is 1.92 bits per heavy atom. The minimum absolute atomic E-state index is 0.0540. The highest BCUT2D eigenvalue weighted by Gasteiger charge is 2.33. The molecular formula is C25H27N7O4. The van der Waals surface area contributed by atoms with E-state index in [1.165, 1.54) is 0 Å². The number of anilines is 4. The number of fused-ring (bicyclic) bond motifs is 1. The summed E-state index contributed by atoms with van der Waals surface area (Å²) in [6.07, 6.45) is 5.15. The van der Waals surface area contributed by atoms with Crippen LogP contribution in [0.2, 0.25) is 0 Å². The van der Waals surface area contributed by atoms with Crippen LogP contribution in [0.4, 0.5) is 23.1 Å². The van der Waals surface area contributed by atoms with Gasteiger partial charge in [0.2, 0.25) is 5.95 Å². The second kappa shape index (κ2) is 10.1. The first-order valence-electron chi connectivity index (χ1n) is 11.6. The summed E-state index contributed by atoms with van der Waals surface area (Å²) < 4.78 is 22.7. The van der Waals surface area contributed by atoms with Crippen LogP contribution in [-0.4, -0.2) is 66.4 Å². The van der Waals surface area contributed by atoms with E-state index in [2.05, 4.69) is 50.6 Å². The number of rotatable bonds is 8. The van der Waals surface area contributed by atoms with Crippen molar-refractivity contribution in [3.8, 4) is 29.2 Å². The standard InChI is InChI=1S/C25H27N7O4/c1-32(2)18-11-19(12-18)36-23-15(13-26)8-16(9-20(23)33-3)30-25-27-5-4-22(31-25)29-17-10-21-24(28-14-17)35-7-6-34-21/h4-5,8-10,14,18-19H,6-7,11-12H2,1-3H3,(H2,27,29,30,31). The smallest absolute Gasteiger partial charge is 0.257 e. The molecule has 0 unspecified atom stereocenters. The Morgan fingerprint density at radius 1 is 1.08 bits per heavy atom. The topological polar surface area (TPSA) is 127 Å². The van der Waals surface area contributed by atoms with Gasteiger partial charge in [-0.15, -0.1) is 0 Å². The highest BCUT2D eigenvalue weighted by Crippen LogP contribution is 2.39. The third-order valence-electron chi connectivity index (χ3n) is 6.06. The molecule has 0 atom stereocenters. The average molecular weight is 490 g/mol. The van der Waals surface area contributed by atoms with Gasteiger partial charge in [0.15, 0.2) is 17.2 Å². The molecule has 5 rings (SSSR count). The Bertz CT molecular complexity index is 1290. The van der Waals surface area contributed by atoms with Crippen molar-refractivity contribution in [2.24, 2.45) is 0 Å². The minimum atomic E-state index is 0.0540. The summed E-state index contributed by atoms with van der Waals surface area (Å²) in [5.41, 5.74) is 1.68. The molecule has 11 heteroatoms. The van der Waals surface area contributed by atoms with Crippen LogP contribution in [0.1, 0.15) is 18.4 Å². The first-order valence-corrected chi connectivity index (χ1v) is 11.6. The molecule has 1 aliphatic carbocycles. The lowest BCUT2D eigenvalue weighted by Gasteiger charge is -2.39. The third kappa shape index (κ3) is 5.04. The zero-order valence-corrected chi connectivity index (χ0v) is 20.3. The van der Waals surface area contributed by atoms with Gasteiger partial charge in [0.05, 0.1) is 24.6 Å². The van der Waals surface area contributed by atoms with Crippen molar-refractivity contribution in [1.29, 1.82) is 5.26 Å². The summed E-state index contributed by atoms with van der Waals surface area (Å²) in [6, 6.07) is 9.72. The van der Waals surface area contributed by atoms with Gasteiger partial charge in [0.25, 0.3) is 5.88 Å². The van der Waals surface area contributed by atoms with E-state index in [1.807, 2.05) is 6.07 Å². The lowest BCUT2D eigenvalue weighted by Crippen LogP contribution is -2.46. The van der Waals surface area contributed by atoms with Crippen LogP contribution >= 0.6 is 0 Å². The predicted octanol–water partition coefficient (Wildman–Crippen LogP) is 3.48. The normalized spacial score (nSPS) is 18.1. The highest BCUT2D eigenvalue weighted by molar-refractivity contribution is 5.67. The van der Waals surface area contributed by atoms with Crippen LogP contribution in [0.3, 0.4) is 0 Å². The number of hydrogen-bond acceptors (Lipinski definition) is 11. The molecule has 3 heterocycles. The summed E-state index contributed by atoms with van der Waals surface area (Å²) in [7, 11) is 5.67. The number of nitriles is 1. The number of hydrogen-bond donors (Lipinski definition) is 2. The van der Waals surface area contributed by atoms with Crippen molar-refractivity contribution >= 4 is 23.1 Å². The fourth-order valence-electron chi connectivity index (χ4n) is 4.02. The molecule has 3 aromatic rings. The first kappa shape index (κ1) is 23.4. The number of aromatic nitrogens is 3. The summed E-state index contributed by atoms with van der Waals surface area (Å²) in [5, 5.41) is 16.1. The molecule has 0 saturated heterocycles. The molecule has 0 amide bonds. The number of benzene rings is 1. The van der Waals surface area contributed by atoms with Gasteiger partial charge in [-0.05, 0) is 39.1 Å². The Labute approximate surface area is 209 Å². The molecule has 2 N–H and O–H groups in total. The van der Waals surface area contributed by atoms with Gasteiger partial charge >= 0.3 is 0 Å². The van der Waals surface area contributed by atoms with Crippen LogP contribution in [0.25, 0.3) is 0 Å². The van der Waals surface area contributed by atoms with Gasteiger partial charge in [-0.3, -0.25) is 0 Å². The first-order chi connectivity index (χ1) is 17.5. The molecule has 11 nitrogen and oxygen atoms in total. The largest absolute Gasteiger partial charge is 0.493 e. The average Bonchev–Trinajstić information content (AvgIpc) is 2.86. The molecule has 1 saturated carbocycles. The molecule has 1 aliphatic heterocycles. The maximum absolute atomic E-state index is 9.78. The summed E-state index contributed by atoms with van der Waals surface area (Å²) in [5.74, 6) is 2.88. The molecule has 1 aromatic carbocycles. The van der Waals surface area contributed by atoms with Gasteiger partial charge < -0.3 is 34.5 Å². The number of nitrogens with zero attached hydrogens (tertiary/aromatic N) is 5. The van der Waals surface area contributed by atoms with Crippen LogP contribution in [0.5, 0.6) is 23.1 Å².